The maximum absolute atomic E-state index is 9.21. The Kier molecular flexibility index (Phi) is 2.70. The van der Waals surface area contributed by atoms with Gasteiger partial charge in [0.2, 0.25) is 0 Å². The van der Waals surface area contributed by atoms with Gasteiger partial charge in [0, 0.05) is 0 Å². The van der Waals surface area contributed by atoms with Gasteiger partial charge in [-0.2, -0.15) is 5.26 Å². The van der Waals surface area contributed by atoms with E-state index in [1.165, 1.54) is 0 Å². The van der Waals surface area contributed by atoms with E-state index in [4.69, 9.17) is 4.74 Å². The van der Waals surface area contributed by atoms with Gasteiger partial charge >= 0.3 is 0 Å². The fraction of sp³-hybridized carbons (Fsp3) is 0.417. The second-order valence-corrected chi connectivity index (χ2v) is 4.75. The summed E-state index contributed by atoms with van der Waals surface area (Å²) in [4.78, 5) is 0. The van der Waals surface area contributed by atoms with Crippen LogP contribution in [0.2, 0.25) is 0 Å². The van der Waals surface area contributed by atoms with Crippen LogP contribution < -0.4 is 4.74 Å². The van der Waals surface area contributed by atoms with Gasteiger partial charge in [0.25, 0.3) is 0 Å². The molecule has 1 aromatic carbocycles. The lowest BCUT2D eigenvalue weighted by Gasteiger charge is -2.35. The first-order chi connectivity index (χ1) is 7.22. The van der Waals surface area contributed by atoms with Gasteiger partial charge in [-0.25, -0.2) is 0 Å². The predicted molar refractivity (Wildman–Crippen MR) is 61.8 cm³/mol. The first-order valence-electron chi connectivity index (χ1n) is 4.97. The van der Waals surface area contributed by atoms with Crippen molar-refractivity contribution < 1.29 is 4.74 Å². The molecule has 1 aromatic rings. The van der Waals surface area contributed by atoms with Crippen LogP contribution in [0.15, 0.2) is 22.7 Å². The van der Waals surface area contributed by atoms with E-state index in [1.54, 1.807) is 7.11 Å². The van der Waals surface area contributed by atoms with E-state index in [9.17, 15) is 5.26 Å². The molecule has 0 bridgehead atoms. The summed E-state index contributed by atoms with van der Waals surface area (Å²) in [5.41, 5.74) is 0.860. The van der Waals surface area contributed by atoms with Crippen molar-refractivity contribution in [1.29, 1.82) is 5.26 Å². The quantitative estimate of drug-likeness (QED) is 0.821. The fourth-order valence-electron chi connectivity index (χ4n) is 1.96. The number of methoxy groups -OCH3 is 1. The third kappa shape index (κ3) is 1.63. The monoisotopic (exact) mass is 265 g/mol. The number of halogens is 1. The first-order valence-corrected chi connectivity index (χ1v) is 5.76. The number of benzene rings is 1. The molecule has 0 aliphatic heterocycles. The van der Waals surface area contributed by atoms with Crippen molar-refractivity contribution in [2.75, 3.05) is 7.11 Å². The smallest absolute Gasteiger partial charge is 0.133 e. The summed E-state index contributed by atoms with van der Waals surface area (Å²) in [7, 11) is 1.64. The third-order valence-corrected chi connectivity index (χ3v) is 3.75. The van der Waals surface area contributed by atoms with Crippen molar-refractivity contribution in [3.8, 4) is 11.8 Å². The summed E-state index contributed by atoms with van der Waals surface area (Å²) in [6, 6.07) is 8.34. The van der Waals surface area contributed by atoms with Crippen molar-refractivity contribution in [3.63, 3.8) is 0 Å². The fourth-order valence-corrected chi connectivity index (χ4v) is 2.50. The molecule has 0 N–H and O–H groups in total. The van der Waals surface area contributed by atoms with Crippen LogP contribution in [0, 0.1) is 11.3 Å². The summed E-state index contributed by atoms with van der Waals surface area (Å²) < 4.78 is 6.09. The summed E-state index contributed by atoms with van der Waals surface area (Å²) in [6.07, 6.45) is 3.10. The molecular weight excluding hydrogens is 254 g/mol. The van der Waals surface area contributed by atoms with Crippen LogP contribution in [0.5, 0.6) is 5.75 Å². The van der Waals surface area contributed by atoms with E-state index in [0.717, 1.165) is 35.0 Å². The minimum absolute atomic E-state index is 0.241. The molecule has 2 rings (SSSR count). The Labute approximate surface area is 98.0 Å². The van der Waals surface area contributed by atoms with Gasteiger partial charge in [-0.1, -0.05) is 6.07 Å². The Morgan fingerprint density at radius 2 is 2.20 bits per heavy atom. The van der Waals surface area contributed by atoms with Gasteiger partial charge in [0.1, 0.15) is 5.75 Å². The molecular formula is C12H12BrNO. The van der Waals surface area contributed by atoms with Crippen LogP contribution in [-0.4, -0.2) is 7.11 Å². The molecule has 0 unspecified atom stereocenters. The lowest BCUT2D eigenvalue weighted by molar-refractivity contribution is 0.323. The lowest BCUT2D eigenvalue weighted by atomic mass is 9.65. The molecule has 0 saturated heterocycles. The van der Waals surface area contributed by atoms with Crippen LogP contribution >= 0.6 is 15.9 Å². The third-order valence-electron chi connectivity index (χ3n) is 3.13. The average Bonchev–Trinajstić information content (AvgIpc) is 2.17. The van der Waals surface area contributed by atoms with Crippen LogP contribution in [0.3, 0.4) is 0 Å². The number of ether oxygens (including phenoxy) is 1. The molecule has 1 saturated carbocycles. The molecule has 0 aromatic heterocycles. The highest BCUT2D eigenvalue weighted by atomic mass is 79.9. The summed E-state index contributed by atoms with van der Waals surface area (Å²) >= 11 is 3.45. The SMILES string of the molecule is COc1ccc(C2(C#N)CCC2)cc1Br. The Morgan fingerprint density at radius 3 is 2.60 bits per heavy atom. The number of hydrogen-bond acceptors (Lipinski definition) is 2. The van der Waals surface area contributed by atoms with Crippen molar-refractivity contribution in [2.45, 2.75) is 24.7 Å². The summed E-state index contributed by atoms with van der Waals surface area (Å²) in [5.74, 6) is 0.811. The zero-order chi connectivity index (χ0) is 10.9. The minimum atomic E-state index is -0.241. The first kappa shape index (κ1) is 10.5. The zero-order valence-electron chi connectivity index (χ0n) is 8.59. The molecule has 15 heavy (non-hydrogen) atoms. The molecule has 1 fully saturated rings. The normalized spacial score (nSPS) is 17.7. The maximum Gasteiger partial charge on any atom is 0.133 e. The average molecular weight is 266 g/mol. The maximum atomic E-state index is 9.21. The topological polar surface area (TPSA) is 33.0 Å². The van der Waals surface area contributed by atoms with Gasteiger partial charge in [0.15, 0.2) is 0 Å². The number of nitriles is 1. The van der Waals surface area contributed by atoms with Gasteiger partial charge in [0.05, 0.1) is 23.1 Å². The number of nitrogens with zero attached hydrogens (tertiary/aromatic N) is 1. The highest BCUT2D eigenvalue weighted by Crippen LogP contribution is 2.44. The van der Waals surface area contributed by atoms with E-state index < -0.39 is 0 Å². The Hall–Kier alpha value is -1.01. The number of hydrogen-bond donors (Lipinski definition) is 0. The van der Waals surface area contributed by atoms with Gasteiger partial charge in [-0.05, 0) is 52.9 Å². The summed E-state index contributed by atoms with van der Waals surface area (Å²) in [5, 5.41) is 9.21. The number of rotatable bonds is 2. The molecule has 0 amide bonds. The molecule has 0 atom stereocenters. The van der Waals surface area contributed by atoms with Crippen LogP contribution in [-0.2, 0) is 5.41 Å². The molecule has 2 nitrogen and oxygen atoms in total. The van der Waals surface area contributed by atoms with E-state index in [-0.39, 0.29) is 5.41 Å². The molecule has 1 aliphatic carbocycles. The molecule has 1 aliphatic rings. The molecule has 0 spiro atoms. The van der Waals surface area contributed by atoms with E-state index in [2.05, 4.69) is 22.0 Å². The van der Waals surface area contributed by atoms with E-state index in [0.29, 0.717) is 0 Å². The van der Waals surface area contributed by atoms with Crippen molar-refractivity contribution >= 4 is 15.9 Å². The van der Waals surface area contributed by atoms with Crippen LogP contribution in [0.4, 0.5) is 0 Å². The van der Waals surface area contributed by atoms with Crippen LogP contribution in [0.1, 0.15) is 24.8 Å². The van der Waals surface area contributed by atoms with E-state index >= 15 is 0 Å². The Morgan fingerprint density at radius 1 is 1.47 bits per heavy atom. The second-order valence-electron chi connectivity index (χ2n) is 3.90. The minimum Gasteiger partial charge on any atom is -0.496 e. The second kappa shape index (κ2) is 3.86. The molecule has 3 heteroatoms. The molecule has 0 radical (unpaired) electrons. The predicted octanol–water partition coefficient (Wildman–Crippen LogP) is 3.40. The standard InChI is InChI=1S/C12H12BrNO/c1-15-11-4-3-9(7-10(11)13)12(8-14)5-2-6-12/h3-4,7H,2,5-6H2,1H3. The Balaban J connectivity index is 2.38. The molecule has 78 valence electrons. The molecule has 0 heterocycles. The van der Waals surface area contributed by atoms with Crippen LogP contribution in [0.25, 0.3) is 0 Å². The zero-order valence-corrected chi connectivity index (χ0v) is 10.2. The van der Waals surface area contributed by atoms with Gasteiger partial charge in [-0.15, -0.1) is 0 Å². The highest BCUT2D eigenvalue weighted by molar-refractivity contribution is 9.10. The van der Waals surface area contributed by atoms with Crippen molar-refractivity contribution in [2.24, 2.45) is 0 Å². The Bertz CT molecular complexity index is 418. The van der Waals surface area contributed by atoms with Gasteiger partial charge in [-0.3, -0.25) is 0 Å². The van der Waals surface area contributed by atoms with Crippen molar-refractivity contribution in [3.05, 3.63) is 28.2 Å². The van der Waals surface area contributed by atoms with Gasteiger partial charge < -0.3 is 4.74 Å². The summed E-state index contributed by atoms with van der Waals surface area (Å²) in [6.45, 7) is 0. The van der Waals surface area contributed by atoms with E-state index in [1.807, 2.05) is 18.2 Å². The lowest BCUT2D eigenvalue weighted by Crippen LogP contribution is -2.32. The van der Waals surface area contributed by atoms with Crippen molar-refractivity contribution in [1.82, 2.24) is 0 Å². The largest absolute Gasteiger partial charge is 0.496 e. The highest BCUT2D eigenvalue weighted by Gasteiger charge is 2.39.